The van der Waals surface area contributed by atoms with Crippen LogP contribution < -0.4 is 28.5 Å². The van der Waals surface area contributed by atoms with Gasteiger partial charge < -0.3 is 0 Å². The molecule has 0 unspecified atom stereocenters. The van der Waals surface area contributed by atoms with Gasteiger partial charge in [-0.1, -0.05) is 0 Å². The molecule has 2 aliphatic heterocycles. The summed E-state index contributed by atoms with van der Waals surface area (Å²) >= 11 is -1.06. The summed E-state index contributed by atoms with van der Waals surface area (Å²) in [6.07, 6.45) is 0. The molecule has 0 fully saturated rings. The molecule has 3 heterocycles. The van der Waals surface area contributed by atoms with E-state index in [4.69, 9.17) is 0 Å². The maximum absolute atomic E-state index is 10.3. The minimum absolute atomic E-state index is 0.0394. The predicted octanol–water partition coefficient (Wildman–Crippen LogP) is 15.4. The Kier molecular flexibility index (Phi) is 12.2. The second-order valence-electron chi connectivity index (χ2n) is 24.9. The summed E-state index contributed by atoms with van der Waals surface area (Å²) in [6, 6.07) is 81.4. The van der Waals surface area contributed by atoms with E-state index in [-0.39, 0.29) is 23.0 Å². The van der Waals surface area contributed by atoms with Crippen molar-refractivity contribution in [1.29, 1.82) is 10.5 Å². The van der Waals surface area contributed by atoms with Crippen LogP contribution in [0.5, 0.6) is 0 Å². The summed E-state index contributed by atoms with van der Waals surface area (Å²) in [5.41, 5.74) is 24.5. The molecule has 0 aliphatic carbocycles. The number of rotatable bonds is 6. The third-order valence-electron chi connectivity index (χ3n) is 16.5. The summed E-state index contributed by atoms with van der Waals surface area (Å²) in [4.78, 5) is 2.62. The number of anilines is 3. The molecule has 0 bridgehead atoms. The first kappa shape index (κ1) is 51.1. The Labute approximate surface area is 481 Å². The van der Waals surface area contributed by atoms with E-state index < -0.39 is 20.9 Å². The molecule has 0 amide bonds. The van der Waals surface area contributed by atoms with Gasteiger partial charge in [0.1, 0.15) is 0 Å². The molecule has 1 aromatic heterocycles. The van der Waals surface area contributed by atoms with Gasteiger partial charge in [-0.15, -0.1) is 0 Å². The fourth-order valence-electron chi connectivity index (χ4n) is 12.2. The number of aromatic nitrogens is 1. The zero-order chi connectivity index (χ0) is 55.4. The van der Waals surface area contributed by atoms with Crippen LogP contribution in [0.15, 0.2) is 206 Å². The van der Waals surface area contributed by atoms with Crippen molar-refractivity contribution in [1.82, 2.24) is 4.57 Å². The van der Waals surface area contributed by atoms with Gasteiger partial charge in [0.05, 0.1) is 0 Å². The van der Waals surface area contributed by atoms with E-state index in [1.807, 2.05) is 24.3 Å². The van der Waals surface area contributed by atoms with E-state index in [1.54, 1.807) is 0 Å². The topological polar surface area (TPSA) is 55.8 Å². The van der Waals surface area contributed by atoms with Crippen molar-refractivity contribution < 1.29 is 0 Å². The zero-order valence-corrected chi connectivity index (χ0v) is 49.2. The Morgan fingerprint density at radius 1 is 0.400 bits per heavy atom. The maximum atomic E-state index is 10.3. The number of fused-ring (bicyclic) bond motifs is 7. The van der Waals surface area contributed by atoms with Crippen LogP contribution >= 0.6 is 0 Å². The molecule has 0 N–H and O–H groups in total. The molecule has 0 spiro atoms. The van der Waals surface area contributed by atoms with Crippen molar-refractivity contribution in [3.8, 4) is 62.3 Å². The van der Waals surface area contributed by atoms with Crippen LogP contribution in [-0.4, -0.2) is 32.2 Å². The molecule has 11 aromatic rings. The van der Waals surface area contributed by atoms with Gasteiger partial charge in [0, 0.05) is 0 Å². The first-order valence-electron chi connectivity index (χ1n) is 27.8. The Morgan fingerprint density at radius 3 is 1.52 bits per heavy atom. The first-order chi connectivity index (χ1) is 38.4. The van der Waals surface area contributed by atoms with Gasteiger partial charge in [-0.25, -0.2) is 0 Å². The second kappa shape index (κ2) is 19.2. The zero-order valence-electron chi connectivity index (χ0n) is 46.9. The van der Waals surface area contributed by atoms with Gasteiger partial charge in [0.15, 0.2) is 0 Å². The van der Waals surface area contributed by atoms with Crippen molar-refractivity contribution in [2.45, 2.75) is 78.6 Å². The summed E-state index contributed by atoms with van der Waals surface area (Å²) < 4.78 is 5.36. The monoisotopic (exact) mass is 1150 g/mol. The van der Waals surface area contributed by atoms with Crippen molar-refractivity contribution in [3.05, 3.63) is 234 Å². The van der Waals surface area contributed by atoms with Crippen molar-refractivity contribution in [2.75, 3.05) is 4.90 Å². The summed E-state index contributed by atoms with van der Waals surface area (Å²) in [5, 5.41) is 23.1. The molecule has 6 heteroatoms. The molecule has 2 aliphatic rings. The van der Waals surface area contributed by atoms with Gasteiger partial charge in [-0.2, -0.15) is 0 Å². The van der Waals surface area contributed by atoms with E-state index >= 15 is 0 Å². The third kappa shape index (κ3) is 8.75. The van der Waals surface area contributed by atoms with E-state index in [0.29, 0.717) is 11.1 Å². The van der Waals surface area contributed by atoms with Gasteiger partial charge >= 0.3 is 485 Å². The molecule has 0 saturated heterocycles. The Hall–Kier alpha value is -8.37. The molecule has 386 valence electrons. The third-order valence-corrected chi connectivity index (χ3v) is 19.8. The molecule has 80 heavy (non-hydrogen) atoms. The molecule has 13 rings (SSSR count). The van der Waals surface area contributed by atoms with Crippen LogP contribution in [0.1, 0.15) is 90.1 Å². The molecular formula is C74H61BN4Te. The number of benzene rings is 10. The van der Waals surface area contributed by atoms with Crippen molar-refractivity contribution >= 4 is 90.1 Å². The number of hydrogen-bond acceptors (Lipinski definition) is 3. The van der Waals surface area contributed by atoms with Crippen LogP contribution in [0.3, 0.4) is 0 Å². The van der Waals surface area contributed by atoms with E-state index in [1.165, 1.54) is 62.2 Å². The number of para-hydroxylation sites is 1. The Morgan fingerprint density at radius 2 is 0.938 bits per heavy atom. The molecular weight excluding hydrogens is 1080 g/mol. The molecule has 0 saturated carbocycles. The Bertz CT molecular complexity index is 4290. The second-order valence-corrected chi connectivity index (χ2v) is 28.0. The number of nitrogens with zero attached hydrogens (tertiary/aromatic N) is 4. The van der Waals surface area contributed by atoms with Crippen molar-refractivity contribution in [2.24, 2.45) is 0 Å². The van der Waals surface area contributed by atoms with Crippen LogP contribution in [0, 0.1) is 22.7 Å². The quantitative estimate of drug-likeness (QED) is 0.156. The Balaban J connectivity index is 1.16. The fourth-order valence-corrected chi connectivity index (χ4v) is 15.8. The van der Waals surface area contributed by atoms with E-state index in [0.717, 1.165) is 67.1 Å². The molecule has 4 nitrogen and oxygen atoms in total. The molecule has 0 atom stereocenters. The van der Waals surface area contributed by atoms with Gasteiger partial charge in [-0.3, -0.25) is 0 Å². The molecule has 10 aromatic carbocycles. The van der Waals surface area contributed by atoms with Gasteiger partial charge in [-0.05, 0) is 0 Å². The standard InChI is InChI=1S/C74H61BN4Te/c1-72(2,3)54-28-32-64-60(40-54)61-41-55(73(4,5)6)29-33-65(61)78(64)57-42-67-70-69(43-57)80-68-39-52(53-35-47(45-77)36-56(37-53)74(7,8)9)27-31-63(68)75(70)62-30-26-51(50-23-16-18-46(34-50)44-76)38-66(62)79(67)71-58(48-19-12-10-13-20-48)24-17-25-59(71)49-21-14-11-15-22-49/h10-43H,1-9H3. The first-order valence-corrected chi connectivity index (χ1v) is 30.1. The van der Waals surface area contributed by atoms with Crippen LogP contribution in [0.2, 0.25) is 0 Å². The predicted molar refractivity (Wildman–Crippen MR) is 339 cm³/mol. The van der Waals surface area contributed by atoms with E-state index in [9.17, 15) is 10.5 Å². The summed E-state index contributed by atoms with van der Waals surface area (Å²) in [7, 11) is 0. The minimum atomic E-state index is -1.06. The number of hydrogen-bond donors (Lipinski definition) is 0. The van der Waals surface area contributed by atoms with E-state index in [2.05, 4.69) is 266 Å². The average molecular weight is 1140 g/mol. The molecule has 0 radical (unpaired) electrons. The van der Waals surface area contributed by atoms with Gasteiger partial charge in [0.2, 0.25) is 0 Å². The average Bonchev–Trinajstić information content (AvgIpc) is 3.84. The SMILES string of the molecule is CC(C)(C)c1cc(C#N)cc(-c2ccc3c(c2)[Te]c2cc(-n4c5ccc(C(C)(C)C)cc5c5cc(C(C)(C)C)ccc54)cc4c2B3c2ccc(-c3cccc(C#N)c3)cc2N4c2c(-c3ccccc3)cccc2-c2ccccc2)c1. The van der Waals surface area contributed by atoms with Crippen LogP contribution in [-0.2, 0) is 16.2 Å². The summed E-state index contributed by atoms with van der Waals surface area (Å²) in [5.74, 6) is 0. The van der Waals surface area contributed by atoms with Crippen molar-refractivity contribution in [3.63, 3.8) is 0 Å². The fraction of sp³-hybridized carbons (Fsp3) is 0.162. The van der Waals surface area contributed by atoms with Crippen LogP contribution in [0.25, 0.3) is 72.0 Å². The number of nitriles is 2. The van der Waals surface area contributed by atoms with Crippen LogP contribution in [0.4, 0.5) is 17.1 Å². The normalized spacial score (nSPS) is 12.9. The van der Waals surface area contributed by atoms with Gasteiger partial charge in [0.25, 0.3) is 0 Å². The summed E-state index contributed by atoms with van der Waals surface area (Å²) in [6.45, 7) is 20.4.